The van der Waals surface area contributed by atoms with Crippen molar-refractivity contribution in [2.75, 3.05) is 25.5 Å². The lowest BCUT2D eigenvalue weighted by Crippen LogP contribution is -2.30. The Morgan fingerprint density at radius 1 is 1.33 bits per heavy atom. The van der Waals surface area contributed by atoms with Crippen LogP contribution in [0.15, 0.2) is 51.0 Å². The topological polar surface area (TPSA) is 87.8 Å². The van der Waals surface area contributed by atoms with E-state index in [2.05, 4.69) is 10.3 Å². The highest BCUT2D eigenvalue weighted by molar-refractivity contribution is 14.0. The average Bonchev–Trinajstić information content (AvgIpc) is 3.02. The molecule has 6 nitrogen and oxygen atoms in total. The molecule has 0 fully saturated rings. The summed E-state index contributed by atoms with van der Waals surface area (Å²) in [5.41, 5.74) is 7.79. The summed E-state index contributed by atoms with van der Waals surface area (Å²) in [7, 11) is -1.90. The highest BCUT2D eigenvalue weighted by Crippen LogP contribution is 2.19. The molecular formula is C15H21IN4O2S2. The first-order valence-corrected chi connectivity index (χ1v) is 9.35. The molecule has 132 valence electrons. The fourth-order valence-electron chi connectivity index (χ4n) is 1.91. The van der Waals surface area contributed by atoms with E-state index in [0.717, 1.165) is 11.3 Å². The van der Waals surface area contributed by atoms with Crippen LogP contribution in [0.5, 0.6) is 0 Å². The quantitative estimate of drug-likeness (QED) is 0.378. The van der Waals surface area contributed by atoms with Crippen LogP contribution < -0.4 is 11.1 Å². The third-order valence-corrected chi connectivity index (χ3v) is 6.38. The standard InChI is InChI=1S/C15H20N4O2S2.HI/c1-12-5-3-6-13(11-12)18-15(16)17-8-9-19(2)23(20,21)14-7-4-10-22-14;/h3-7,10-11H,8-9H2,1-2H3,(H3,16,17,18);1H. The summed E-state index contributed by atoms with van der Waals surface area (Å²) < 4.78 is 26.1. The van der Waals surface area contributed by atoms with Gasteiger partial charge >= 0.3 is 0 Å². The average molecular weight is 480 g/mol. The molecule has 0 saturated heterocycles. The molecule has 0 spiro atoms. The molecule has 0 bridgehead atoms. The van der Waals surface area contributed by atoms with Gasteiger partial charge in [0.1, 0.15) is 4.21 Å². The van der Waals surface area contributed by atoms with Gasteiger partial charge < -0.3 is 11.1 Å². The van der Waals surface area contributed by atoms with E-state index < -0.39 is 10.0 Å². The lowest BCUT2D eigenvalue weighted by Gasteiger charge is -2.14. The molecule has 0 aliphatic carbocycles. The van der Waals surface area contributed by atoms with E-state index in [4.69, 9.17) is 5.73 Å². The lowest BCUT2D eigenvalue weighted by molar-refractivity contribution is 0.479. The minimum Gasteiger partial charge on any atom is -0.370 e. The number of aliphatic imine (C=N–C) groups is 1. The van der Waals surface area contributed by atoms with Gasteiger partial charge in [-0.1, -0.05) is 18.2 Å². The Bertz CT molecular complexity index is 777. The maximum absolute atomic E-state index is 12.2. The molecule has 0 aliphatic rings. The number of hydrogen-bond acceptors (Lipinski definition) is 4. The summed E-state index contributed by atoms with van der Waals surface area (Å²) >= 11 is 1.20. The van der Waals surface area contributed by atoms with Gasteiger partial charge in [0.25, 0.3) is 10.0 Å². The van der Waals surface area contributed by atoms with Crippen molar-refractivity contribution in [1.82, 2.24) is 4.31 Å². The Morgan fingerprint density at radius 3 is 2.71 bits per heavy atom. The summed E-state index contributed by atoms with van der Waals surface area (Å²) in [6.07, 6.45) is 0. The molecule has 1 aromatic heterocycles. The van der Waals surface area contributed by atoms with Crippen LogP contribution >= 0.6 is 35.3 Å². The van der Waals surface area contributed by atoms with Crippen LogP contribution in [0.25, 0.3) is 0 Å². The zero-order valence-corrected chi connectivity index (χ0v) is 17.4. The minimum absolute atomic E-state index is 0. The normalized spacial score (nSPS) is 12.0. The largest absolute Gasteiger partial charge is 0.370 e. The summed E-state index contributed by atoms with van der Waals surface area (Å²) in [5.74, 6) is 0.262. The number of sulfonamides is 1. The van der Waals surface area contributed by atoms with Crippen LogP contribution in [0.4, 0.5) is 5.69 Å². The van der Waals surface area contributed by atoms with Gasteiger partial charge in [0, 0.05) is 19.3 Å². The Balaban J connectivity index is 0.00000288. The van der Waals surface area contributed by atoms with Crippen molar-refractivity contribution in [2.45, 2.75) is 11.1 Å². The SMILES string of the molecule is Cc1cccc(NC(N)=NCCN(C)S(=O)(=O)c2cccs2)c1.I. The van der Waals surface area contributed by atoms with Crippen LogP contribution in [0.3, 0.4) is 0 Å². The molecule has 3 N–H and O–H groups in total. The number of likely N-dealkylation sites (N-methyl/N-ethyl adjacent to an activating group) is 1. The van der Waals surface area contributed by atoms with Crippen molar-refractivity contribution in [3.63, 3.8) is 0 Å². The number of halogens is 1. The predicted molar refractivity (Wildman–Crippen MR) is 111 cm³/mol. The van der Waals surface area contributed by atoms with E-state index in [1.165, 1.54) is 22.7 Å². The first kappa shape index (κ1) is 20.9. The van der Waals surface area contributed by atoms with Gasteiger partial charge in [0.05, 0.1) is 6.54 Å². The number of hydrogen-bond donors (Lipinski definition) is 2. The summed E-state index contributed by atoms with van der Waals surface area (Å²) in [6.45, 7) is 2.53. The predicted octanol–water partition coefficient (Wildman–Crippen LogP) is 2.72. The summed E-state index contributed by atoms with van der Waals surface area (Å²) in [4.78, 5) is 4.16. The third-order valence-electron chi connectivity index (χ3n) is 3.15. The Morgan fingerprint density at radius 2 is 2.08 bits per heavy atom. The van der Waals surface area contributed by atoms with E-state index in [9.17, 15) is 8.42 Å². The molecule has 0 atom stereocenters. The van der Waals surface area contributed by atoms with Gasteiger partial charge in [0.15, 0.2) is 5.96 Å². The first-order valence-electron chi connectivity index (χ1n) is 7.03. The van der Waals surface area contributed by atoms with Crippen LogP contribution in [0.2, 0.25) is 0 Å². The Hall–Kier alpha value is -1.17. The molecule has 24 heavy (non-hydrogen) atoms. The summed E-state index contributed by atoms with van der Waals surface area (Å²) in [6, 6.07) is 11.1. The molecule has 0 unspecified atom stereocenters. The molecule has 0 aliphatic heterocycles. The number of anilines is 1. The van der Waals surface area contributed by atoms with Crippen LogP contribution in [0, 0.1) is 6.92 Å². The molecule has 1 heterocycles. The van der Waals surface area contributed by atoms with E-state index in [1.54, 1.807) is 17.5 Å². The number of guanidine groups is 1. The smallest absolute Gasteiger partial charge is 0.252 e. The van der Waals surface area contributed by atoms with E-state index in [-0.39, 0.29) is 43.0 Å². The number of nitrogens with zero attached hydrogens (tertiary/aromatic N) is 2. The van der Waals surface area contributed by atoms with Crippen molar-refractivity contribution in [3.05, 3.63) is 47.3 Å². The van der Waals surface area contributed by atoms with Crippen LogP contribution in [-0.4, -0.2) is 38.8 Å². The third kappa shape index (κ3) is 5.72. The molecular weight excluding hydrogens is 459 g/mol. The maximum atomic E-state index is 12.2. The van der Waals surface area contributed by atoms with Crippen molar-refractivity contribution < 1.29 is 8.42 Å². The zero-order valence-electron chi connectivity index (χ0n) is 13.5. The van der Waals surface area contributed by atoms with Crippen molar-refractivity contribution in [3.8, 4) is 0 Å². The van der Waals surface area contributed by atoms with E-state index in [1.807, 2.05) is 31.2 Å². The van der Waals surface area contributed by atoms with Crippen molar-refractivity contribution >= 4 is 57.0 Å². The molecule has 0 amide bonds. The molecule has 9 heteroatoms. The van der Waals surface area contributed by atoms with Crippen LogP contribution in [-0.2, 0) is 10.0 Å². The van der Waals surface area contributed by atoms with Gasteiger partial charge in [-0.2, -0.15) is 4.31 Å². The molecule has 1 aromatic carbocycles. The van der Waals surface area contributed by atoms with Crippen LogP contribution in [0.1, 0.15) is 5.56 Å². The molecule has 0 radical (unpaired) electrons. The number of thiophene rings is 1. The number of nitrogens with one attached hydrogen (secondary N) is 1. The fourth-order valence-corrected chi connectivity index (χ4v) is 4.27. The maximum Gasteiger partial charge on any atom is 0.252 e. The molecule has 2 aromatic rings. The van der Waals surface area contributed by atoms with Gasteiger partial charge in [-0.3, -0.25) is 4.99 Å². The monoisotopic (exact) mass is 480 g/mol. The Labute approximate surface area is 163 Å². The number of aryl methyl sites for hydroxylation is 1. The number of nitrogens with two attached hydrogens (primary N) is 1. The second-order valence-corrected chi connectivity index (χ2v) is 8.24. The van der Waals surface area contributed by atoms with Gasteiger partial charge in [-0.05, 0) is 36.1 Å². The molecule has 2 rings (SSSR count). The van der Waals surface area contributed by atoms with E-state index >= 15 is 0 Å². The second kappa shape index (κ2) is 9.35. The zero-order chi connectivity index (χ0) is 16.9. The van der Waals surface area contributed by atoms with Gasteiger partial charge in [0.2, 0.25) is 0 Å². The minimum atomic E-state index is -3.44. The Kier molecular flexibility index (Phi) is 8.13. The van der Waals surface area contributed by atoms with Crippen molar-refractivity contribution in [2.24, 2.45) is 10.7 Å². The van der Waals surface area contributed by atoms with Crippen molar-refractivity contribution in [1.29, 1.82) is 0 Å². The second-order valence-electron chi connectivity index (χ2n) is 5.02. The fraction of sp³-hybridized carbons (Fsp3) is 0.267. The van der Waals surface area contributed by atoms with Gasteiger partial charge in [-0.15, -0.1) is 35.3 Å². The first-order chi connectivity index (χ1) is 10.9. The highest BCUT2D eigenvalue weighted by atomic mass is 127. The number of benzene rings is 1. The summed E-state index contributed by atoms with van der Waals surface area (Å²) in [5, 5.41) is 4.72. The molecule has 0 saturated carbocycles. The lowest BCUT2D eigenvalue weighted by atomic mass is 10.2. The van der Waals surface area contributed by atoms with Gasteiger partial charge in [-0.25, -0.2) is 8.42 Å². The highest BCUT2D eigenvalue weighted by Gasteiger charge is 2.20. The van der Waals surface area contributed by atoms with E-state index in [0.29, 0.717) is 4.21 Å². The number of rotatable bonds is 6.